The molecule has 1 heterocycles. The summed E-state index contributed by atoms with van der Waals surface area (Å²) in [5, 5.41) is 3.04. The van der Waals surface area contributed by atoms with E-state index in [2.05, 4.69) is 43.1 Å². The lowest BCUT2D eigenvalue weighted by molar-refractivity contribution is -0.120. The van der Waals surface area contributed by atoms with E-state index in [4.69, 9.17) is 0 Å². The fourth-order valence-electron chi connectivity index (χ4n) is 3.46. The van der Waals surface area contributed by atoms with Gasteiger partial charge in [0.25, 0.3) is 0 Å². The number of piperidine rings is 1. The van der Waals surface area contributed by atoms with Gasteiger partial charge < -0.3 is 10.2 Å². The molecule has 0 unspecified atom stereocenters. The number of hydrogen-bond acceptors (Lipinski definition) is 2. The number of likely N-dealkylation sites (tertiary alicyclic amines) is 1. The first-order valence-corrected chi connectivity index (χ1v) is 8.57. The number of aryl methyl sites for hydroxylation is 1. The van der Waals surface area contributed by atoms with E-state index >= 15 is 0 Å². The molecule has 0 saturated carbocycles. The molecule has 1 fully saturated rings. The maximum Gasteiger partial charge on any atom is 0.224 e. The molecule has 1 saturated heterocycles. The van der Waals surface area contributed by atoms with Gasteiger partial charge in [0, 0.05) is 19.6 Å². The lowest BCUT2D eigenvalue weighted by atomic mass is 9.92. The van der Waals surface area contributed by atoms with E-state index in [9.17, 15) is 4.79 Å². The molecule has 0 spiro atoms. The van der Waals surface area contributed by atoms with Crippen LogP contribution in [0.5, 0.6) is 0 Å². The highest BCUT2D eigenvalue weighted by Gasteiger charge is 2.20. The number of hydrogen-bond donors (Lipinski definition) is 1. The second kappa shape index (κ2) is 8.33. The van der Waals surface area contributed by atoms with Crippen molar-refractivity contribution in [3.8, 4) is 0 Å². The summed E-state index contributed by atoms with van der Waals surface area (Å²) in [6, 6.07) is 8.18. The van der Waals surface area contributed by atoms with Crippen molar-refractivity contribution in [1.82, 2.24) is 10.2 Å². The molecule has 22 heavy (non-hydrogen) atoms. The zero-order valence-corrected chi connectivity index (χ0v) is 14.3. The Morgan fingerprint density at radius 3 is 2.45 bits per heavy atom. The fourth-order valence-corrected chi connectivity index (χ4v) is 3.46. The number of carbonyl (C=O) groups excluding carboxylic acids is 1. The van der Waals surface area contributed by atoms with Crippen molar-refractivity contribution in [2.45, 2.75) is 40.0 Å². The first-order valence-electron chi connectivity index (χ1n) is 8.57. The SMILES string of the molecule is Cc1ccc(CC(=O)NCCCN2C[C@@H](C)C[C@H](C)C2)cc1. The summed E-state index contributed by atoms with van der Waals surface area (Å²) in [6.07, 6.45) is 2.88. The largest absolute Gasteiger partial charge is 0.356 e. The van der Waals surface area contributed by atoms with Crippen LogP contribution in [0.2, 0.25) is 0 Å². The predicted molar refractivity (Wildman–Crippen MR) is 91.9 cm³/mol. The van der Waals surface area contributed by atoms with Crippen LogP contribution in [0.3, 0.4) is 0 Å². The molecule has 122 valence electrons. The zero-order valence-electron chi connectivity index (χ0n) is 14.3. The van der Waals surface area contributed by atoms with Gasteiger partial charge in [0.05, 0.1) is 6.42 Å². The van der Waals surface area contributed by atoms with Crippen molar-refractivity contribution in [1.29, 1.82) is 0 Å². The van der Waals surface area contributed by atoms with Gasteiger partial charge in [-0.2, -0.15) is 0 Å². The molecule has 0 bridgehead atoms. The van der Waals surface area contributed by atoms with E-state index in [1.807, 2.05) is 12.1 Å². The average molecular weight is 302 g/mol. The highest BCUT2D eigenvalue weighted by Crippen LogP contribution is 2.20. The smallest absolute Gasteiger partial charge is 0.224 e. The summed E-state index contributed by atoms with van der Waals surface area (Å²) in [6.45, 7) is 11.0. The van der Waals surface area contributed by atoms with Crippen molar-refractivity contribution < 1.29 is 4.79 Å². The van der Waals surface area contributed by atoms with Gasteiger partial charge in [-0.05, 0) is 43.7 Å². The van der Waals surface area contributed by atoms with Gasteiger partial charge in [0.1, 0.15) is 0 Å². The minimum Gasteiger partial charge on any atom is -0.356 e. The van der Waals surface area contributed by atoms with Gasteiger partial charge in [-0.1, -0.05) is 43.7 Å². The van der Waals surface area contributed by atoms with Crippen LogP contribution in [-0.2, 0) is 11.2 Å². The van der Waals surface area contributed by atoms with Gasteiger partial charge in [0.2, 0.25) is 5.91 Å². The van der Waals surface area contributed by atoms with Gasteiger partial charge in [-0.25, -0.2) is 0 Å². The Kier molecular flexibility index (Phi) is 6.44. The summed E-state index contributed by atoms with van der Waals surface area (Å²) in [5.41, 5.74) is 2.32. The average Bonchev–Trinajstić information content (AvgIpc) is 2.45. The fraction of sp³-hybridized carbons (Fsp3) is 0.632. The first-order chi connectivity index (χ1) is 10.5. The first kappa shape index (κ1) is 17.0. The van der Waals surface area contributed by atoms with Crippen LogP contribution in [0.15, 0.2) is 24.3 Å². The number of nitrogens with zero attached hydrogens (tertiary/aromatic N) is 1. The molecule has 0 aromatic heterocycles. The van der Waals surface area contributed by atoms with E-state index in [-0.39, 0.29) is 5.91 Å². The highest BCUT2D eigenvalue weighted by atomic mass is 16.1. The van der Waals surface area contributed by atoms with E-state index in [0.29, 0.717) is 6.42 Å². The molecule has 1 aromatic rings. The Morgan fingerprint density at radius 1 is 1.18 bits per heavy atom. The highest BCUT2D eigenvalue weighted by molar-refractivity contribution is 5.78. The molecule has 2 rings (SSSR count). The molecule has 1 aliphatic rings. The molecule has 3 heteroatoms. The van der Waals surface area contributed by atoms with Gasteiger partial charge >= 0.3 is 0 Å². The zero-order chi connectivity index (χ0) is 15.9. The normalized spacial score (nSPS) is 22.5. The molecular weight excluding hydrogens is 272 g/mol. The third-order valence-corrected chi connectivity index (χ3v) is 4.40. The van der Waals surface area contributed by atoms with E-state index < -0.39 is 0 Å². The van der Waals surface area contributed by atoms with Crippen LogP contribution in [0, 0.1) is 18.8 Å². The number of nitrogens with one attached hydrogen (secondary N) is 1. The van der Waals surface area contributed by atoms with E-state index in [0.717, 1.165) is 36.9 Å². The van der Waals surface area contributed by atoms with Gasteiger partial charge in [-0.3, -0.25) is 4.79 Å². The molecule has 1 amide bonds. The molecule has 1 aromatic carbocycles. The van der Waals surface area contributed by atoms with Crippen molar-refractivity contribution in [2.75, 3.05) is 26.2 Å². The molecule has 2 atom stereocenters. The monoisotopic (exact) mass is 302 g/mol. The summed E-state index contributed by atoms with van der Waals surface area (Å²) < 4.78 is 0. The Labute approximate surface area is 135 Å². The second-order valence-corrected chi connectivity index (χ2v) is 7.07. The number of rotatable bonds is 6. The van der Waals surface area contributed by atoms with Crippen molar-refractivity contribution in [3.63, 3.8) is 0 Å². The Balaban J connectivity index is 1.62. The van der Waals surface area contributed by atoms with E-state index in [1.165, 1.54) is 25.1 Å². The van der Waals surface area contributed by atoms with Crippen LogP contribution in [0.4, 0.5) is 0 Å². The summed E-state index contributed by atoms with van der Waals surface area (Å²) in [5.74, 6) is 1.74. The third kappa shape index (κ3) is 5.80. The minimum atomic E-state index is 0.129. The second-order valence-electron chi connectivity index (χ2n) is 7.07. The summed E-state index contributed by atoms with van der Waals surface area (Å²) in [4.78, 5) is 14.5. The molecule has 1 aliphatic heterocycles. The lowest BCUT2D eigenvalue weighted by Crippen LogP contribution is -2.40. The Bertz CT molecular complexity index is 459. The molecule has 3 nitrogen and oxygen atoms in total. The maximum atomic E-state index is 11.9. The van der Waals surface area contributed by atoms with Crippen LogP contribution < -0.4 is 5.32 Å². The van der Waals surface area contributed by atoms with Crippen LogP contribution in [0.25, 0.3) is 0 Å². The van der Waals surface area contributed by atoms with Gasteiger partial charge in [0.15, 0.2) is 0 Å². The van der Waals surface area contributed by atoms with Crippen molar-refractivity contribution in [2.24, 2.45) is 11.8 Å². The molecule has 0 aliphatic carbocycles. The standard InChI is InChI=1S/C19H30N2O/c1-15-5-7-18(8-6-15)12-19(22)20-9-4-10-21-13-16(2)11-17(3)14-21/h5-8,16-17H,4,9-14H2,1-3H3,(H,20,22)/t16-,17-/m0/s1. The van der Waals surface area contributed by atoms with Crippen molar-refractivity contribution in [3.05, 3.63) is 35.4 Å². The lowest BCUT2D eigenvalue weighted by Gasteiger charge is -2.34. The molecular formula is C19H30N2O. The third-order valence-electron chi connectivity index (χ3n) is 4.40. The predicted octanol–water partition coefficient (Wildman–Crippen LogP) is 3.02. The van der Waals surface area contributed by atoms with Gasteiger partial charge in [-0.15, -0.1) is 0 Å². The minimum absolute atomic E-state index is 0.129. The summed E-state index contributed by atoms with van der Waals surface area (Å²) in [7, 11) is 0. The quantitative estimate of drug-likeness (QED) is 0.819. The Morgan fingerprint density at radius 2 is 1.82 bits per heavy atom. The molecule has 1 N–H and O–H groups in total. The summed E-state index contributed by atoms with van der Waals surface area (Å²) >= 11 is 0. The maximum absolute atomic E-state index is 11.9. The van der Waals surface area contributed by atoms with Crippen molar-refractivity contribution >= 4 is 5.91 Å². The van der Waals surface area contributed by atoms with Crippen LogP contribution in [-0.4, -0.2) is 37.0 Å². The Hall–Kier alpha value is -1.35. The number of amides is 1. The number of benzene rings is 1. The topological polar surface area (TPSA) is 32.3 Å². The van der Waals surface area contributed by atoms with E-state index in [1.54, 1.807) is 0 Å². The van der Waals surface area contributed by atoms with Crippen LogP contribution >= 0.6 is 0 Å². The van der Waals surface area contributed by atoms with Crippen LogP contribution in [0.1, 0.15) is 37.8 Å². The molecule has 0 radical (unpaired) electrons. The number of carbonyl (C=O) groups is 1.